The number of benzene rings is 1. The van der Waals surface area contributed by atoms with Crippen LogP contribution in [0.4, 0.5) is 10.1 Å². The Kier molecular flexibility index (Phi) is 4.25. The first-order valence-corrected chi connectivity index (χ1v) is 7.44. The number of aromatic carboxylic acids is 1. The van der Waals surface area contributed by atoms with Crippen LogP contribution in [-0.2, 0) is 4.79 Å². The molecule has 1 aromatic rings. The molecule has 0 aliphatic carbocycles. The van der Waals surface area contributed by atoms with Gasteiger partial charge in [0.15, 0.2) is 0 Å². The summed E-state index contributed by atoms with van der Waals surface area (Å²) >= 11 is 6.37. The van der Waals surface area contributed by atoms with E-state index < -0.39 is 11.8 Å². The lowest BCUT2D eigenvalue weighted by atomic mass is 10.1. The molecular weight excluding hydrogens is 385 g/mol. The van der Waals surface area contributed by atoms with Crippen LogP contribution >= 0.6 is 31.9 Å². The number of hydrogen-bond donors (Lipinski definition) is 1. The smallest absolute Gasteiger partial charge is 0.339 e. The lowest BCUT2D eigenvalue weighted by molar-refractivity contribution is -0.117. The second-order valence-electron chi connectivity index (χ2n) is 4.29. The van der Waals surface area contributed by atoms with Crippen molar-refractivity contribution in [2.75, 3.05) is 16.8 Å². The minimum atomic E-state index is -1.27. The van der Waals surface area contributed by atoms with Crippen LogP contribution in [0.25, 0.3) is 0 Å². The van der Waals surface area contributed by atoms with Gasteiger partial charge < -0.3 is 10.0 Å². The Bertz CT molecular complexity index is 550. The standard InChI is InChI=1S/C12H10Br2FNO3/c13-4-6-3-9(17)16(5-6)11-8(15)2-1-7(14)10(11)12(18)19/h1-2,6H,3-5H2,(H,18,19). The minimum absolute atomic E-state index is 0.0625. The van der Waals surface area contributed by atoms with Crippen molar-refractivity contribution in [3.8, 4) is 0 Å². The lowest BCUT2D eigenvalue weighted by Crippen LogP contribution is -2.28. The highest BCUT2D eigenvalue weighted by Gasteiger charge is 2.34. The fourth-order valence-electron chi connectivity index (χ4n) is 2.11. The van der Waals surface area contributed by atoms with Gasteiger partial charge in [-0.25, -0.2) is 9.18 Å². The van der Waals surface area contributed by atoms with Gasteiger partial charge in [-0.3, -0.25) is 4.79 Å². The Morgan fingerprint density at radius 1 is 1.53 bits per heavy atom. The van der Waals surface area contributed by atoms with E-state index in [0.717, 1.165) is 6.07 Å². The van der Waals surface area contributed by atoms with Crippen LogP contribution in [0.2, 0.25) is 0 Å². The van der Waals surface area contributed by atoms with E-state index in [9.17, 15) is 19.1 Å². The Morgan fingerprint density at radius 2 is 2.21 bits per heavy atom. The second kappa shape index (κ2) is 5.58. The number of amides is 1. The maximum atomic E-state index is 14.0. The van der Waals surface area contributed by atoms with Gasteiger partial charge in [0.1, 0.15) is 11.4 Å². The molecular formula is C12H10Br2FNO3. The van der Waals surface area contributed by atoms with Crippen molar-refractivity contribution in [3.05, 3.63) is 28.0 Å². The molecule has 1 heterocycles. The first-order valence-electron chi connectivity index (χ1n) is 5.53. The van der Waals surface area contributed by atoms with Crippen molar-refractivity contribution in [2.24, 2.45) is 5.92 Å². The van der Waals surface area contributed by atoms with E-state index >= 15 is 0 Å². The Balaban J connectivity index is 2.53. The molecule has 1 atom stereocenters. The fourth-order valence-corrected chi connectivity index (χ4v) is 3.03. The van der Waals surface area contributed by atoms with Gasteiger partial charge in [0.05, 0.1) is 5.69 Å². The highest BCUT2D eigenvalue weighted by Crippen LogP contribution is 2.35. The van der Waals surface area contributed by atoms with E-state index in [0.29, 0.717) is 11.9 Å². The third kappa shape index (κ3) is 2.67. The summed E-state index contributed by atoms with van der Waals surface area (Å²) in [7, 11) is 0. The first kappa shape index (κ1) is 14.5. The van der Waals surface area contributed by atoms with Gasteiger partial charge in [0.25, 0.3) is 0 Å². The number of carboxylic acids is 1. The van der Waals surface area contributed by atoms with E-state index in [2.05, 4.69) is 31.9 Å². The van der Waals surface area contributed by atoms with Crippen molar-refractivity contribution in [1.82, 2.24) is 0 Å². The van der Waals surface area contributed by atoms with Crippen LogP contribution in [-0.4, -0.2) is 28.9 Å². The number of halogens is 3. The van der Waals surface area contributed by atoms with E-state index in [1.54, 1.807) is 0 Å². The summed E-state index contributed by atoms with van der Waals surface area (Å²) in [5.41, 5.74) is -0.376. The third-order valence-electron chi connectivity index (χ3n) is 2.98. The van der Waals surface area contributed by atoms with Crippen molar-refractivity contribution >= 4 is 49.4 Å². The molecule has 1 aromatic carbocycles. The summed E-state index contributed by atoms with van der Waals surface area (Å²) in [4.78, 5) is 24.4. The third-order valence-corrected chi connectivity index (χ3v) is 4.56. The molecule has 1 saturated heterocycles. The number of rotatable bonds is 3. The number of hydrogen-bond acceptors (Lipinski definition) is 2. The van der Waals surface area contributed by atoms with Crippen LogP contribution in [0.5, 0.6) is 0 Å². The molecule has 19 heavy (non-hydrogen) atoms. The van der Waals surface area contributed by atoms with Crippen molar-refractivity contribution < 1.29 is 19.1 Å². The number of carboxylic acid groups (broad SMARTS) is 1. The maximum absolute atomic E-state index is 14.0. The van der Waals surface area contributed by atoms with Gasteiger partial charge in [-0.2, -0.15) is 0 Å². The molecule has 0 saturated carbocycles. The van der Waals surface area contributed by atoms with Crippen LogP contribution in [0.3, 0.4) is 0 Å². The zero-order valence-electron chi connectivity index (χ0n) is 9.70. The van der Waals surface area contributed by atoms with Gasteiger partial charge in [-0.05, 0) is 34.0 Å². The van der Waals surface area contributed by atoms with E-state index in [1.807, 2.05) is 0 Å². The molecule has 0 aromatic heterocycles. The molecule has 1 amide bonds. The van der Waals surface area contributed by atoms with Crippen LogP contribution < -0.4 is 4.90 Å². The maximum Gasteiger partial charge on any atom is 0.339 e. The molecule has 0 spiro atoms. The highest BCUT2D eigenvalue weighted by molar-refractivity contribution is 9.10. The van der Waals surface area contributed by atoms with E-state index in [1.165, 1.54) is 11.0 Å². The Morgan fingerprint density at radius 3 is 2.74 bits per heavy atom. The van der Waals surface area contributed by atoms with Gasteiger partial charge in [-0.1, -0.05) is 15.9 Å². The molecule has 2 rings (SSSR count). The minimum Gasteiger partial charge on any atom is -0.478 e. The van der Waals surface area contributed by atoms with Crippen LogP contribution in [0.1, 0.15) is 16.8 Å². The molecule has 7 heteroatoms. The van der Waals surface area contributed by atoms with Crippen molar-refractivity contribution in [2.45, 2.75) is 6.42 Å². The predicted octanol–water partition coefficient (Wildman–Crippen LogP) is 3.03. The monoisotopic (exact) mass is 393 g/mol. The van der Waals surface area contributed by atoms with Crippen molar-refractivity contribution in [1.29, 1.82) is 0 Å². The topological polar surface area (TPSA) is 57.6 Å². The van der Waals surface area contributed by atoms with Crippen LogP contribution in [0, 0.1) is 11.7 Å². The number of carbonyl (C=O) groups is 2. The molecule has 1 unspecified atom stereocenters. The second-order valence-corrected chi connectivity index (χ2v) is 5.79. The van der Waals surface area contributed by atoms with Gasteiger partial charge >= 0.3 is 5.97 Å². The van der Waals surface area contributed by atoms with Crippen molar-refractivity contribution in [3.63, 3.8) is 0 Å². The lowest BCUT2D eigenvalue weighted by Gasteiger charge is -2.20. The first-order chi connectivity index (χ1) is 8.95. The molecule has 4 nitrogen and oxygen atoms in total. The SMILES string of the molecule is O=C(O)c1c(Br)ccc(F)c1N1CC(CBr)CC1=O. The largest absolute Gasteiger partial charge is 0.478 e. The number of alkyl halides is 1. The summed E-state index contributed by atoms with van der Waals surface area (Å²) in [5, 5.41) is 9.82. The molecule has 102 valence electrons. The molecule has 1 N–H and O–H groups in total. The molecule has 1 fully saturated rings. The fraction of sp³-hybridized carbons (Fsp3) is 0.333. The number of anilines is 1. The zero-order valence-corrected chi connectivity index (χ0v) is 12.9. The highest BCUT2D eigenvalue weighted by atomic mass is 79.9. The number of carbonyl (C=O) groups excluding carboxylic acids is 1. The predicted molar refractivity (Wildman–Crippen MR) is 75.3 cm³/mol. The Labute approximate surface area is 125 Å². The number of nitrogens with zero attached hydrogens (tertiary/aromatic N) is 1. The average molecular weight is 395 g/mol. The van der Waals surface area contributed by atoms with Gasteiger partial charge in [-0.15, -0.1) is 0 Å². The molecule has 1 aliphatic rings. The molecule has 0 radical (unpaired) electrons. The summed E-state index contributed by atoms with van der Waals surface area (Å²) in [5.74, 6) is -2.17. The zero-order chi connectivity index (χ0) is 14.2. The Hall–Kier alpha value is -0.950. The molecule has 1 aliphatic heterocycles. The summed E-state index contributed by atoms with van der Waals surface area (Å²) in [6, 6.07) is 2.48. The van der Waals surface area contributed by atoms with Crippen LogP contribution in [0.15, 0.2) is 16.6 Å². The van der Waals surface area contributed by atoms with E-state index in [4.69, 9.17) is 0 Å². The summed E-state index contributed by atoms with van der Waals surface area (Å²) in [6.07, 6.45) is 0.288. The molecule has 0 bridgehead atoms. The normalized spacial score (nSPS) is 19.0. The average Bonchev–Trinajstić information content (AvgIpc) is 2.72. The summed E-state index contributed by atoms with van der Waals surface area (Å²) < 4.78 is 14.2. The van der Waals surface area contributed by atoms with Gasteiger partial charge in [0.2, 0.25) is 5.91 Å². The van der Waals surface area contributed by atoms with E-state index in [-0.39, 0.29) is 34.0 Å². The summed E-state index contributed by atoms with van der Waals surface area (Å²) in [6.45, 7) is 0.317. The van der Waals surface area contributed by atoms with Gasteiger partial charge in [0, 0.05) is 22.8 Å². The quantitative estimate of drug-likeness (QED) is 0.801.